The maximum absolute atomic E-state index is 13.5. The van der Waals surface area contributed by atoms with Crippen molar-refractivity contribution in [2.24, 2.45) is 5.10 Å². The predicted octanol–water partition coefficient (Wildman–Crippen LogP) is 2.57. The number of carbonyl (C=O) groups is 1. The first-order valence-corrected chi connectivity index (χ1v) is 6.19. The second-order valence-electron chi connectivity index (χ2n) is 4.69. The molecule has 0 aliphatic heterocycles. The molecule has 0 aromatic heterocycles. The van der Waals surface area contributed by atoms with Crippen LogP contribution < -0.4 is 0 Å². The lowest BCUT2D eigenvalue weighted by atomic mass is 10.1. The van der Waals surface area contributed by atoms with Crippen LogP contribution in [0.4, 0.5) is 8.78 Å². The summed E-state index contributed by atoms with van der Waals surface area (Å²) in [6, 6.07) is 3.81. The molecule has 1 aromatic carbocycles. The molecule has 0 heterocycles. The number of hydrazone groups is 1. The van der Waals surface area contributed by atoms with Gasteiger partial charge in [0.05, 0.1) is 12.8 Å². The summed E-state index contributed by atoms with van der Waals surface area (Å²) in [4.78, 5) is 11.8. The molecule has 1 rings (SSSR count). The molecule has 0 bridgehead atoms. The van der Waals surface area contributed by atoms with Crippen molar-refractivity contribution in [2.45, 2.75) is 26.3 Å². The maximum Gasteiger partial charge on any atom is 0.333 e. The summed E-state index contributed by atoms with van der Waals surface area (Å²) in [5.74, 6) is -2.36. The van der Waals surface area contributed by atoms with Gasteiger partial charge in [0.2, 0.25) is 0 Å². The third-order valence-electron chi connectivity index (χ3n) is 2.94. The lowest BCUT2D eigenvalue weighted by molar-refractivity contribution is -0.154. The second kappa shape index (κ2) is 6.45. The number of likely N-dealkylation sites (N-methyl/N-ethyl adjacent to an activating group) is 1. The minimum atomic E-state index is -1.00. The second-order valence-corrected chi connectivity index (χ2v) is 4.69. The molecule has 4 nitrogen and oxygen atoms in total. The van der Waals surface area contributed by atoms with Gasteiger partial charge in [-0.2, -0.15) is 5.10 Å². The Morgan fingerprint density at radius 1 is 1.45 bits per heavy atom. The summed E-state index contributed by atoms with van der Waals surface area (Å²) in [7, 11) is 1.56. The zero-order valence-electron chi connectivity index (χ0n) is 12.0. The van der Waals surface area contributed by atoms with E-state index < -0.39 is 23.1 Å². The van der Waals surface area contributed by atoms with E-state index >= 15 is 0 Å². The molecule has 0 aliphatic carbocycles. The number of nitrogens with zero attached hydrogens (tertiary/aromatic N) is 2. The molecule has 0 amide bonds. The minimum Gasteiger partial charge on any atom is -0.464 e. The van der Waals surface area contributed by atoms with Gasteiger partial charge in [-0.3, -0.25) is 5.01 Å². The summed E-state index contributed by atoms with van der Waals surface area (Å²) < 4.78 is 31.4. The van der Waals surface area contributed by atoms with Crippen LogP contribution in [0.25, 0.3) is 0 Å². The van der Waals surface area contributed by atoms with Crippen LogP contribution in [0.15, 0.2) is 23.3 Å². The van der Waals surface area contributed by atoms with Gasteiger partial charge in [-0.05, 0) is 26.8 Å². The topological polar surface area (TPSA) is 41.9 Å². The number of esters is 1. The fourth-order valence-electron chi connectivity index (χ4n) is 1.35. The highest BCUT2D eigenvalue weighted by molar-refractivity contribution is 5.82. The molecular formula is C14H18F2N2O2. The van der Waals surface area contributed by atoms with Gasteiger partial charge in [0.1, 0.15) is 5.54 Å². The van der Waals surface area contributed by atoms with Crippen LogP contribution in [-0.4, -0.2) is 36.4 Å². The fraction of sp³-hybridized carbons (Fsp3) is 0.429. The van der Waals surface area contributed by atoms with Crippen LogP contribution in [0.5, 0.6) is 0 Å². The van der Waals surface area contributed by atoms with Crippen LogP contribution in [0.1, 0.15) is 26.3 Å². The van der Waals surface area contributed by atoms with Gasteiger partial charge in [0.15, 0.2) is 11.6 Å². The van der Waals surface area contributed by atoms with Gasteiger partial charge < -0.3 is 4.74 Å². The zero-order valence-corrected chi connectivity index (χ0v) is 12.0. The minimum absolute atomic E-state index is 0.0107. The van der Waals surface area contributed by atoms with Crippen LogP contribution in [0, 0.1) is 11.6 Å². The number of hydrogen-bond acceptors (Lipinski definition) is 4. The molecule has 0 unspecified atom stereocenters. The Hall–Kier alpha value is -1.98. The number of ether oxygens (including phenoxy) is 1. The van der Waals surface area contributed by atoms with Crippen molar-refractivity contribution in [3.05, 3.63) is 35.4 Å². The van der Waals surface area contributed by atoms with Crippen molar-refractivity contribution >= 4 is 12.2 Å². The van der Waals surface area contributed by atoms with Crippen molar-refractivity contribution in [3.8, 4) is 0 Å². The lowest BCUT2D eigenvalue weighted by Gasteiger charge is -2.30. The van der Waals surface area contributed by atoms with E-state index in [0.29, 0.717) is 0 Å². The number of benzene rings is 1. The molecule has 6 heteroatoms. The Labute approximate surface area is 117 Å². The summed E-state index contributed by atoms with van der Waals surface area (Å²) in [6.07, 6.45) is 1.17. The van der Waals surface area contributed by atoms with E-state index in [1.807, 2.05) is 0 Å². The average Bonchev–Trinajstić information content (AvgIpc) is 2.40. The van der Waals surface area contributed by atoms with Crippen molar-refractivity contribution in [2.75, 3.05) is 13.7 Å². The van der Waals surface area contributed by atoms with Crippen LogP contribution in [0.3, 0.4) is 0 Å². The third-order valence-corrected chi connectivity index (χ3v) is 2.94. The van der Waals surface area contributed by atoms with Crippen LogP contribution in [-0.2, 0) is 9.53 Å². The van der Waals surface area contributed by atoms with E-state index in [-0.39, 0.29) is 12.2 Å². The summed E-state index contributed by atoms with van der Waals surface area (Å²) >= 11 is 0. The molecule has 110 valence electrons. The first-order valence-electron chi connectivity index (χ1n) is 6.19. The smallest absolute Gasteiger partial charge is 0.333 e. The van der Waals surface area contributed by atoms with Crippen molar-refractivity contribution < 1.29 is 18.3 Å². The van der Waals surface area contributed by atoms with Gasteiger partial charge in [-0.1, -0.05) is 12.1 Å². The Bertz CT molecular complexity index is 516. The molecule has 0 spiro atoms. The molecule has 20 heavy (non-hydrogen) atoms. The van der Waals surface area contributed by atoms with Gasteiger partial charge in [0.25, 0.3) is 0 Å². The Morgan fingerprint density at radius 3 is 2.70 bits per heavy atom. The molecule has 0 saturated heterocycles. The number of carbonyl (C=O) groups excluding carboxylic acids is 1. The van der Waals surface area contributed by atoms with Crippen LogP contribution in [0.2, 0.25) is 0 Å². The van der Waals surface area contributed by atoms with Crippen molar-refractivity contribution in [3.63, 3.8) is 0 Å². The van der Waals surface area contributed by atoms with Gasteiger partial charge in [-0.25, -0.2) is 13.6 Å². The van der Waals surface area contributed by atoms with Gasteiger partial charge in [-0.15, -0.1) is 0 Å². The van der Waals surface area contributed by atoms with E-state index in [0.717, 1.165) is 6.07 Å². The average molecular weight is 284 g/mol. The molecular weight excluding hydrogens is 266 g/mol. The van der Waals surface area contributed by atoms with E-state index in [4.69, 9.17) is 4.74 Å². The molecule has 1 aromatic rings. The lowest BCUT2D eigenvalue weighted by Crippen LogP contribution is -2.46. The number of hydrogen-bond donors (Lipinski definition) is 0. The Morgan fingerprint density at radius 2 is 2.10 bits per heavy atom. The van der Waals surface area contributed by atoms with E-state index in [9.17, 15) is 13.6 Å². The zero-order chi connectivity index (χ0) is 15.3. The largest absolute Gasteiger partial charge is 0.464 e. The first-order chi connectivity index (χ1) is 9.30. The van der Waals surface area contributed by atoms with Gasteiger partial charge in [0, 0.05) is 12.6 Å². The Kier molecular flexibility index (Phi) is 5.19. The fourth-order valence-corrected chi connectivity index (χ4v) is 1.35. The van der Waals surface area contributed by atoms with E-state index in [1.165, 1.54) is 23.4 Å². The molecule has 0 N–H and O–H groups in total. The van der Waals surface area contributed by atoms with E-state index in [2.05, 4.69) is 5.10 Å². The summed E-state index contributed by atoms with van der Waals surface area (Å²) in [5.41, 5.74) is -0.993. The van der Waals surface area contributed by atoms with Crippen molar-refractivity contribution in [1.82, 2.24) is 5.01 Å². The maximum atomic E-state index is 13.5. The standard InChI is InChI=1S/C14H18F2N2O2/c1-5-20-13(19)14(2,3)18(4)17-9-10-7-6-8-11(15)12(10)16/h6-9H,5H2,1-4H3/b17-9-. The summed E-state index contributed by atoms with van der Waals surface area (Å²) in [6.45, 7) is 5.23. The SMILES string of the molecule is CCOC(=O)C(C)(C)N(C)/N=C\c1cccc(F)c1F. The molecule has 0 atom stereocenters. The highest BCUT2D eigenvalue weighted by Crippen LogP contribution is 2.15. The molecule has 0 saturated carbocycles. The Balaban J connectivity index is 2.89. The summed E-state index contributed by atoms with van der Waals surface area (Å²) in [5, 5.41) is 5.31. The molecule has 0 radical (unpaired) electrons. The molecule has 0 fully saturated rings. The van der Waals surface area contributed by atoms with E-state index in [1.54, 1.807) is 27.8 Å². The highest BCUT2D eigenvalue weighted by Gasteiger charge is 2.33. The quantitative estimate of drug-likeness (QED) is 0.474. The predicted molar refractivity (Wildman–Crippen MR) is 72.4 cm³/mol. The monoisotopic (exact) mass is 284 g/mol. The first kappa shape index (κ1) is 16.1. The molecule has 0 aliphatic rings. The number of halogens is 2. The normalized spacial score (nSPS) is 11.7. The highest BCUT2D eigenvalue weighted by atomic mass is 19.2. The van der Waals surface area contributed by atoms with Crippen LogP contribution >= 0.6 is 0 Å². The van der Waals surface area contributed by atoms with Crippen molar-refractivity contribution in [1.29, 1.82) is 0 Å². The van der Waals surface area contributed by atoms with Gasteiger partial charge >= 0.3 is 5.97 Å². The third kappa shape index (κ3) is 3.53. The number of rotatable bonds is 5.